The Morgan fingerprint density at radius 3 is 1.95 bits per heavy atom. The third-order valence-electron chi connectivity index (χ3n) is 22.2. The number of aryl methyl sites for hydroxylation is 3. The minimum atomic E-state index is 0. The third-order valence-corrected chi connectivity index (χ3v) is 22.2. The monoisotopic (exact) mass is 1830 g/mol. The molecule has 3 radical (unpaired) electrons. The Bertz CT molecular complexity index is 7390. The molecule has 1 aliphatic rings. The van der Waals surface area contributed by atoms with Crippen molar-refractivity contribution in [3.05, 3.63) is 394 Å². The Morgan fingerprint density at radius 1 is 0.458 bits per heavy atom. The van der Waals surface area contributed by atoms with Crippen molar-refractivity contribution in [3.8, 4) is 45.3 Å². The van der Waals surface area contributed by atoms with Gasteiger partial charge in [0.1, 0.15) is 17.0 Å². The number of para-hydroxylation sites is 7. The number of nitrogens with zero attached hydrogens (tertiary/aromatic N) is 13. The smallest absolute Gasteiger partial charge is 0.310 e. The van der Waals surface area contributed by atoms with E-state index in [1.807, 2.05) is 121 Å². The molecule has 0 amide bonds. The number of anilines is 7. The molecule has 18 heteroatoms. The maximum absolute atomic E-state index is 6.15. The van der Waals surface area contributed by atoms with Crippen molar-refractivity contribution in [3.63, 3.8) is 0 Å². The van der Waals surface area contributed by atoms with Gasteiger partial charge in [0.2, 0.25) is 5.95 Å². The van der Waals surface area contributed by atoms with Gasteiger partial charge in [-0.2, -0.15) is 101 Å². The number of rotatable bonds is 14. The molecule has 23 rings (SSSR count). The van der Waals surface area contributed by atoms with Crippen molar-refractivity contribution < 1.29 is 76.0 Å². The van der Waals surface area contributed by atoms with Crippen molar-refractivity contribution in [1.29, 1.82) is 0 Å². The van der Waals surface area contributed by atoms with E-state index in [1.54, 1.807) is 6.26 Å². The van der Waals surface area contributed by atoms with Crippen LogP contribution in [0.4, 0.5) is 40.4 Å². The summed E-state index contributed by atoms with van der Waals surface area (Å²) in [6, 6.07) is 127. The molecule has 0 saturated carbocycles. The molecule has 0 bridgehead atoms. The molecular formula is C102H70Ag3N13O2-9. The van der Waals surface area contributed by atoms with Gasteiger partial charge in [-0.1, -0.05) is 156 Å². The number of benzene rings is 12. The molecule has 0 atom stereocenters. The number of pyridine rings is 1. The molecule has 120 heavy (non-hydrogen) atoms. The van der Waals surface area contributed by atoms with Crippen LogP contribution < -0.4 is 14.7 Å². The topological polar surface area (TPSA) is 109 Å². The van der Waals surface area contributed by atoms with Gasteiger partial charge in [0.15, 0.2) is 0 Å². The molecule has 0 spiro atoms. The molecule has 0 aliphatic carbocycles. The first-order valence-electron chi connectivity index (χ1n) is 38.8. The fourth-order valence-corrected chi connectivity index (χ4v) is 16.6. The molecular weight excluding hydrogens is 1760 g/mol. The summed E-state index contributed by atoms with van der Waals surface area (Å²) in [5, 5.41) is 6.84. The first-order chi connectivity index (χ1) is 57.7. The molecule has 0 saturated heterocycles. The number of oxazole rings is 1. The van der Waals surface area contributed by atoms with Crippen LogP contribution in [0.5, 0.6) is 0 Å². The van der Waals surface area contributed by atoms with Crippen molar-refractivity contribution in [2.75, 3.05) is 28.3 Å². The Hall–Kier alpha value is -13.3. The maximum atomic E-state index is 6.15. The largest absolute Gasteiger partial charge is 0.446 e. The fraction of sp³-hybridized carbons (Fsp3) is 0.0588. The van der Waals surface area contributed by atoms with Crippen LogP contribution in [0.2, 0.25) is 0 Å². The summed E-state index contributed by atoms with van der Waals surface area (Å²) in [5.41, 5.74) is 22.4. The van der Waals surface area contributed by atoms with Gasteiger partial charge in [-0.05, 0) is 91.7 Å². The van der Waals surface area contributed by atoms with E-state index < -0.39 is 0 Å². The zero-order chi connectivity index (χ0) is 78.2. The summed E-state index contributed by atoms with van der Waals surface area (Å²) in [6.45, 7) is 0.588. The molecule has 11 heterocycles. The van der Waals surface area contributed by atoms with Gasteiger partial charge < -0.3 is 50.6 Å². The van der Waals surface area contributed by atoms with Gasteiger partial charge in [-0.3, -0.25) is 4.90 Å². The summed E-state index contributed by atoms with van der Waals surface area (Å²) >= 11 is 0. The summed E-state index contributed by atoms with van der Waals surface area (Å²) < 4.78 is 26.7. The van der Waals surface area contributed by atoms with Gasteiger partial charge in [0.05, 0.1) is 34.2 Å². The second-order valence-corrected chi connectivity index (χ2v) is 29.1. The predicted octanol–water partition coefficient (Wildman–Crippen LogP) is 23.1. The Morgan fingerprint density at radius 2 is 1.18 bits per heavy atom. The normalized spacial score (nSPS) is 11.7. The summed E-state index contributed by atoms with van der Waals surface area (Å²) in [7, 11) is 8.30. The first kappa shape index (κ1) is 77.9. The van der Waals surface area contributed by atoms with Crippen molar-refractivity contribution in [2.24, 2.45) is 21.1 Å². The minimum absolute atomic E-state index is 0. The molecule has 0 unspecified atom stereocenters. The van der Waals surface area contributed by atoms with Crippen LogP contribution >= 0.6 is 0 Å². The average Bonchev–Trinajstić information content (AvgIpc) is 1.49. The van der Waals surface area contributed by atoms with Crippen LogP contribution in [0.15, 0.2) is 337 Å². The number of hydrogen-bond acceptors (Lipinski definition) is 8. The average molecular weight is 1830 g/mol. The number of hydrogen-bond donors (Lipinski definition) is 0. The van der Waals surface area contributed by atoms with E-state index in [1.165, 1.54) is 22.3 Å². The van der Waals surface area contributed by atoms with Gasteiger partial charge in [-0.25, -0.2) is 22.1 Å². The maximum Gasteiger partial charge on any atom is 0.310 e. The van der Waals surface area contributed by atoms with Crippen LogP contribution in [0.25, 0.3) is 133 Å². The van der Waals surface area contributed by atoms with E-state index in [2.05, 4.69) is 324 Å². The van der Waals surface area contributed by atoms with Crippen molar-refractivity contribution >= 4 is 128 Å². The van der Waals surface area contributed by atoms with Crippen molar-refractivity contribution in [1.82, 2.24) is 46.9 Å². The molecule has 22 aromatic rings. The molecule has 10 aromatic heterocycles. The standard InChI is InChI=1S/C36H22N5.C36H26N5.C30H22N3O2.3Ag/c1-38-21-8-15-35(38)39-22-20-24-16-17-25(23-33(24)39)40-30-12-5-4-11-28(30)29-18-19-34(37-36(29)40)41-31-13-6-2-9-26(31)27-10-3-7-14-32(27)41;1-38-22-21-28-26(13-9-17-29(28)38)25-19-20-31-34(23-25)41(32-16-8-7-15-30(32)39(31)2)36-37-35-27(24-11-5-4-6-12-24)14-10-18-33(35)40(36)3;1-4-12-23(13-5-1)20-25(24-14-6-2-7-15-24)21-33(26-16-8-3-9-17-26)30-31-28-27(22-34-29(28)35-30)32-18-10-11-19-32;;;/h2-13,16-22H,1H3;4-11,13-20,22H,1-3H3;1-12,14-18,22H,20-21H2;;;/q3*-3;;;. The van der Waals surface area contributed by atoms with Crippen LogP contribution in [-0.2, 0) is 94.7 Å². The number of aromatic nitrogens is 10. The quantitative estimate of drug-likeness (QED) is 0.0782. The summed E-state index contributed by atoms with van der Waals surface area (Å²) in [5.74, 6) is 4.28. The van der Waals surface area contributed by atoms with Gasteiger partial charge in [0.25, 0.3) is 0 Å². The Labute approximate surface area is 740 Å². The Kier molecular flexibility index (Phi) is 21.4. The minimum Gasteiger partial charge on any atom is -0.446 e. The van der Waals surface area contributed by atoms with E-state index in [0.717, 1.165) is 157 Å². The van der Waals surface area contributed by atoms with Crippen LogP contribution in [0.3, 0.4) is 0 Å². The predicted molar refractivity (Wildman–Crippen MR) is 468 cm³/mol. The van der Waals surface area contributed by atoms with E-state index in [9.17, 15) is 0 Å². The molecule has 1 aliphatic heterocycles. The summed E-state index contributed by atoms with van der Waals surface area (Å²) in [6.07, 6.45) is 13.5. The van der Waals surface area contributed by atoms with Gasteiger partial charge in [0, 0.05) is 121 Å². The SMILES string of the molecule is CN1c2ccc(-c3cccc4c3[c-]cn4C)[c-]c2N(c2nc3c(-c4[c-]cccc4)cccc3n2C)c2ccccc21.Cn1cc[c-]c1-n1ccc2ccc(-n3c4ccccc4c4ccc(-n5c6[c-]cccc6c6ccccc65)nc43)[c-]c21.[Ag].[Ag].[Ag].[c-]1ccccc1C[C-](CN(c1ccccc1)c1nc2c(-n3[c-]ccc3)coc2o1)c1ccccc1. The summed E-state index contributed by atoms with van der Waals surface area (Å²) in [4.78, 5) is 22.1. The Balaban J connectivity index is 0.000000122. The zero-order valence-corrected chi connectivity index (χ0v) is 69.6. The molecule has 597 valence electrons. The number of furan rings is 1. The number of fused-ring (bicyclic) bond motifs is 12. The molecule has 0 fully saturated rings. The molecule has 12 aromatic carbocycles. The fourth-order valence-electron chi connectivity index (χ4n) is 16.6. The number of imidazole rings is 1. The molecule has 0 N–H and O–H groups in total. The van der Waals surface area contributed by atoms with E-state index in [-0.39, 0.29) is 67.1 Å². The van der Waals surface area contributed by atoms with E-state index in [0.29, 0.717) is 23.9 Å². The second-order valence-electron chi connectivity index (χ2n) is 29.1. The van der Waals surface area contributed by atoms with Crippen molar-refractivity contribution in [2.45, 2.75) is 6.42 Å². The molecule has 15 nitrogen and oxygen atoms in total. The van der Waals surface area contributed by atoms with Crippen LogP contribution in [0, 0.1) is 54.6 Å². The second kappa shape index (κ2) is 32.9. The van der Waals surface area contributed by atoms with Crippen LogP contribution in [0.1, 0.15) is 11.1 Å². The van der Waals surface area contributed by atoms with Crippen LogP contribution in [-0.4, -0.2) is 60.5 Å². The van der Waals surface area contributed by atoms with E-state index >= 15 is 0 Å². The third kappa shape index (κ3) is 13.8. The van der Waals surface area contributed by atoms with E-state index in [4.69, 9.17) is 23.8 Å². The van der Waals surface area contributed by atoms with Gasteiger partial charge >= 0.3 is 11.8 Å². The van der Waals surface area contributed by atoms with Gasteiger partial charge in [-0.15, -0.1) is 130 Å². The zero-order valence-electron chi connectivity index (χ0n) is 65.1. The first-order valence-corrected chi connectivity index (χ1v) is 38.8.